The molecule has 2 aromatic carbocycles. The Balaban J connectivity index is 1.77. The average Bonchev–Trinajstić information content (AvgIpc) is 3.14. The Bertz CT molecular complexity index is 1050. The lowest BCUT2D eigenvalue weighted by atomic mass is 10.2. The third kappa shape index (κ3) is 4.67. The second kappa shape index (κ2) is 8.68. The van der Waals surface area contributed by atoms with Gasteiger partial charge >= 0.3 is 0 Å². The molecule has 0 aliphatic carbocycles. The lowest BCUT2D eigenvalue weighted by molar-refractivity contribution is 0.392. The van der Waals surface area contributed by atoms with E-state index in [1.807, 2.05) is 47.2 Å². The van der Waals surface area contributed by atoms with E-state index in [-0.39, 0.29) is 17.2 Å². The molecule has 0 aliphatic rings. The number of halogens is 1. The fourth-order valence-corrected chi connectivity index (χ4v) is 4.10. The van der Waals surface area contributed by atoms with Gasteiger partial charge in [0, 0.05) is 29.5 Å². The van der Waals surface area contributed by atoms with Crippen LogP contribution in [-0.4, -0.2) is 27.2 Å². The molecule has 148 valence electrons. The van der Waals surface area contributed by atoms with Crippen LogP contribution in [0.5, 0.6) is 11.5 Å². The summed E-state index contributed by atoms with van der Waals surface area (Å²) in [5.74, 6) is 0.692. The lowest BCUT2D eigenvalue weighted by Gasteiger charge is -2.13. The van der Waals surface area contributed by atoms with Crippen LogP contribution in [-0.2, 0) is 23.1 Å². The highest BCUT2D eigenvalue weighted by molar-refractivity contribution is 7.89. The fraction of sp³-hybridized carbons (Fsp3) is 0.200. The summed E-state index contributed by atoms with van der Waals surface area (Å²) < 4.78 is 40.6. The van der Waals surface area contributed by atoms with Gasteiger partial charge in [-0.05, 0) is 42.0 Å². The molecule has 1 heterocycles. The first-order valence-corrected chi connectivity index (χ1v) is 10.4. The predicted octanol–water partition coefficient (Wildman–Crippen LogP) is 3.69. The SMILES string of the molecule is COc1ccc(OC)c(S(=O)(=O)NCc2cccn2Cc2ccc(Cl)cc2)c1. The Morgan fingerprint density at radius 2 is 1.79 bits per heavy atom. The smallest absolute Gasteiger partial charge is 0.244 e. The van der Waals surface area contributed by atoms with E-state index in [4.69, 9.17) is 21.1 Å². The van der Waals surface area contributed by atoms with Crippen LogP contribution in [0.1, 0.15) is 11.3 Å². The number of hydrogen-bond donors (Lipinski definition) is 1. The minimum absolute atomic E-state index is 0.0326. The molecule has 0 unspecified atom stereocenters. The van der Waals surface area contributed by atoms with Gasteiger partial charge in [-0.25, -0.2) is 13.1 Å². The second-order valence-electron chi connectivity index (χ2n) is 6.10. The standard InChI is InChI=1S/C20H21ClN2O4S/c1-26-18-9-10-19(27-2)20(12-18)28(24,25)22-13-17-4-3-11-23(17)14-15-5-7-16(21)8-6-15/h3-12,22H,13-14H2,1-2H3. The molecule has 6 nitrogen and oxygen atoms in total. The van der Waals surface area contributed by atoms with E-state index >= 15 is 0 Å². The molecular formula is C20H21ClN2O4S. The summed E-state index contributed by atoms with van der Waals surface area (Å²) in [4.78, 5) is 0.0326. The van der Waals surface area contributed by atoms with Gasteiger partial charge in [0.1, 0.15) is 16.4 Å². The third-order valence-corrected chi connectivity index (χ3v) is 5.97. The summed E-state index contributed by atoms with van der Waals surface area (Å²) >= 11 is 5.93. The second-order valence-corrected chi connectivity index (χ2v) is 8.27. The zero-order valence-corrected chi connectivity index (χ0v) is 17.1. The van der Waals surface area contributed by atoms with Gasteiger partial charge in [-0.3, -0.25) is 0 Å². The van der Waals surface area contributed by atoms with Gasteiger partial charge < -0.3 is 14.0 Å². The van der Waals surface area contributed by atoms with Crippen molar-refractivity contribution in [3.63, 3.8) is 0 Å². The van der Waals surface area contributed by atoms with Crippen molar-refractivity contribution in [1.82, 2.24) is 9.29 Å². The van der Waals surface area contributed by atoms with Crippen molar-refractivity contribution < 1.29 is 17.9 Å². The first-order chi connectivity index (χ1) is 13.4. The number of aromatic nitrogens is 1. The third-order valence-electron chi connectivity index (χ3n) is 4.29. The zero-order valence-electron chi connectivity index (χ0n) is 15.6. The minimum Gasteiger partial charge on any atom is -0.497 e. The van der Waals surface area contributed by atoms with Gasteiger partial charge in [-0.2, -0.15) is 0 Å². The molecule has 0 saturated carbocycles. The van der Waals surface area contributed by atoms with Gasteiger partial charge in [0.2, 0.25) is 10.0 Å². The number of nitrogens with zero attached hydrogens (tertiary/aromatic N) is 1. The molecule has 0 spiro atoms. The van der Waals surface area contributed by atoms with Crippen LogP contribution in [0.2, 0.25) is 5.02 Å². The molecular weight excluding hydrogens is 400 g/mol. The first-order valence-electron chi connectivity index (χ1n) is 8.53. The van der Waals surface area contributed by atoms with Crippen LogP contribution < -0.4 is 14.2 Å². The molecule has 28 heavy (non-hydrogen) atoms. The lowest BCUT2D eigenvalue weighted by Crippen LogP contribution is -2.25. The molecule has 3 rings (SSSR count). The summed E-state index contributed by atoms with van der Waals surface area (Å²) in [5.41, 5.74) is 1.90. The molecule has 0 amide bonds. The van der Waals surface area contributed by atoms with Crippen molar-refractivity contribution in [2.24, 2.45) is 0 Å². The minimum atomic E-state index is -3.79. The highest BCUT2D eigenvalue weighted by atomic mass is 35.5. The van der Waals surface area contributed by atoms with E-state index in [0.29, 0.717) is 17.3 Å². The number of hydrogen-bond acceptors (Lipinski definition) is 4. The van der Waals surface area contributed by atoms with E-state index in [0.717, 1.165) is 11.3 Å². The van der Waals surface area contributed by atoms with Crippen molar-refractivity contribution in [3.8, 4) is 11.5 Å². The Morgan fingerprint density at radius 1 is 1.04 bits per heavy atom. The number of nitrogens with one attached hydrogen (secondary N) is 1. The normalized spacial score (nSPS) is 11.4. The fourth-order valence-electron chi connectivity index (χ4n) is 2.79. The number of methoxy groups -OCH3 is 2. The molecule has 1 aromatic heterocycles. The summed E-state index contributed by atoms with van der Waals surface area (Å²) in [5, 5.41) is 0.677. The van der Waals surface area contributed by atoms with Gasteiger partial charge in [0.15, 0.2) is 0 Å². The molecule has 0 bridgehead atoms. The van der Waals surface area contributed by atoms with E-state index in [1.54, 1.807) is 12.1 Å². The average molecular weight is 421 g/mol. The van der Waals surface area contributed by atoms with E-state index < -0.39 is 10.0 Å². The number of rotatable bonds is 8. The van der Waals surface area contributed by atoms with Gasteiger partial charge in [-0.1, -0.05) is 23.7 Å². The van der Waals surface area contributed by atoms with Gasteiger partial charge in [-0.15, -0.1) is 0 Å². The number of ether oxygens (including phenoxy) is 2. The Hall–Kier alpha value is -2.48. The predicted molar refractivity (Wildman–Crippen MR) is 109 cm³/mol. The topological polar surface area (TPSA) is 69.6 Å². The van der Waals surface area contributed by atoms with Crippen molar-refractivity contribution >= 4 is 21.6 Å². The summed E-state index contributed by atoms with van der Waals surface area (Å²) in [6.07, 6.45) is 1.91. The van der Waals surface area contributed by atoms with Gasteiger partial charge in [0.25, 0.3) is 0 Å². The molecule has 1 N–H and O–H groups in total. The van der Waals surface area contributed by atoms with E-state index in [9.17, 15) is 8.42 Å². The molecule has 0 aliphatic heterocycles. The number of sulfonamides is 1. The number of benzene rings is 2. The monoisotopic (exact) mass is 420 g/mol. The molecule has 0 saturated heterocycles. The van der Waals surface area contributed by atoms with E-state index in [2.05, 4.69) is 4.72 Å². The molecule has 3 aromatic rings. The molecule has 0 fully saturated rings. The zero-order chi connectivity index (χ0) is 20.1. The van der Waals surface area contributed by atoms with Crippen molar-refractivity contribution in [3.05, 3.63) is 77.1 Å². The summed E-state index contributed by atoms with van der Waals surface area (Å²) in [6.45, 7) is 0.757. The van der Waals surface area contributed by atoms with Crippen LogP contribution in [0, 0.1) is 0 Å². The maximum absolute atomic E-state index is 12.8. The van der Waals surface area contributed by atoms with Crippen molar-refractivity contribution in [2.75, 3.05) is 14.2 Å². The Labute approximate surface area is 169 Å². The Morgan fingerprint density at radius 3 is 2.46 bits per heavy atom. The molecule has 0 radical (unpaired) electrons. The maximum Gasteiger partial charge on any atom is 0.244 e. The Kier molecular flexibility index (Phi) is 6.28. The highest BCUT2D eigenvalue weighted by Gasteiger charge is 2.21. The van der Waals surface area contributed by atoms with E-state index in [1.165, 1.54) is 20.3 Å². The van der Waals surface area contributed by atoms with Crippen molar-refractivity contribution in [1.29, 1.82) is 0 Å². The van der Waals surface area contributed by atoms with Crippen molar-refractivity contribution in [2.45, 2.75) is 18.0 Å². The van der Waals surface area contributed by atoms with Crippen LogP contribution in [0.25, 0.3) is 0 Å². The van der Waals surface area contributed by atoms with Crippen LogP contribution in [0.4, 0.5) is 0 Å². The van der Waals surface area contributed by atoms with Crippen LogP contribution >= 0.6 is 11.6 Å². The largest absolute Gasteiger partial charge is 0.497 e. The maximum atomic E-state index is 12.8. The molecule has 8 heteroatoms. The molecule has 0 atom stereocenters. The quantitative estimate of drug-likeness (QED) is 0.603. The first kappa shape index (κ1) is 20.3. The van der Waals surface area contributed by atoms with Crippen LogP contribution in [0.3, 0.4) is 0 Å². The summed E-state index contributed by atoms with van der Waals surface area (Å²) in [6, 6.07) is 16.0. The van der Waals surface area contributed by atoms with Gasteiger partial charge in [0.05, 0.1) is 20.8 Å². The summed E-state index contributed by atoms with van der Waals surface area (Å²) in [7, 11) is -0.883. The highest BCUT2D eigenvalue weighted by Crippen LogP contribution is 2.28. The van der Waals surface area contributed by atoms with Crippen LogP contribution in [0.15, 0.2) is 65.7 Å².